The van der Waals surface area contributed by atoms with Crippen LogP contribution in [0.5, 0.6) is 0 Å². The second-order valence-corrected chi connectivity index (χ2v) is 11.6. The number of carboxylic acid groups (broad SMARTS) is 1. The smallest absolute Gasteiger partial charge is 0.333 e. The average molecular weight is 287 g/mol. The molecular formula is C14H29NO3Si. The fourth-order valence-corrected chi connectivity index (χ4v) is 2.41. The maximum absolute atomic E-state index is 11.3. The van der Waals surface area contributed by atoms with E-state index in [-0.39, 0.29) is 11.0 Å². The van der Waals surface area contributed by atoms with Crippen LogP contribution in [0.15, 0.2) is 11.8 Å². The molecule has 1 N–H and O–H groups in total. The van der Waals surface area contributed by atoms with Gasteiger partial charge in [-0.1, -0.05) is 27.7 Å². The Bertz CT molecular complexity index is 343. The van der Waals surface area contributed by atoms with E-state index in [2.05, 4.69) is 33.9 Å². The quantitative estimate of drug-likeness (QED) is 0.602. The molecule has 0 aromatic carbocycles. The molecule has 0 saturated carbocycles. The first-order valence-electron chi connectivity index (χ1n) is 6.64. The number of hydrogen-bond acceptors (Lipinski definition) is 3. The van der Waals surface area contributed by atoms with Crippen molar-refractivity contribution in [2.75, 3.05) is 20.7 Å². The minimum Gasteiger partial charge on any atom is -0.478 e. The van der Waals surface area contributed by atoms with E-state index >= 15 is 0 Å². The third-order valence-corrected chi connectivity index (χ3v) is 8.18. The van der Waals surface area contributed by atoms with Crippen molar-refractivity contribution in [3.05, 3.63) is 11.8 Å². The third kappa shape index (κ3) is 5.78. The summed E-state index contributed by atoms with van der Waals surface area (Å²) in [6, 6.07) is 0. The van der Waals surface area contributed by atoms with Crippen molar-refractivity contribution in [2.45, 2.75) is 45.8 Å². The van der Waals surface area contributed by atoms with Crippen molar-refractivity contribution >= 4 is 14.3 Å². The van der Waals surface area contributed by atoms with Crippen LogP contribution in [-0.4, -0.2) is 45.0 Å². The zero-order valence-corrected chi connectivity index (χ0v) is 14.6. The highest BCUT2D eigenvalue weighted by Crippen LogP contribution is 2.37. The molecule has 0 amide bonds. The fourth-order valence-electron chi connectivity index (χ4n) is 1.31. The third-order valence-electron chi connectivity index (χ3n) is 3.68. The van der Waals surface area contributed by atoms with Crippen molar-refractivity contribution in [1.82, 2.24) is 4.90 Å². The molecule has 4 nitrogen and oxygen atoms in total. The summed E-state index contributed by atoms with van der Waals surface area (Å²) >= 11 is 0. The van der Waals surface area contributed by atoms with Gasteiger partial charge in [0.1, 0.15) is 0 Å². The molecule has 0 rings (SSSR count). The SMILES string of the molecule is CC(CO[Si](C)(C)C(C)(C)C)C(=CN(C)C)C(=O)O. The van der Waals surface area contributed by atoms with E-state index in [0.717, 1.165) is 0 Å². The van der Waals surface area contributed by atoms with Crippen molar-refractivity contribution in [1.29, 1.82) is 0 Å². The zero-order chi connectivity index (χ0) is 15.4. The number of carbonyl (C=O) groups is 1. The van der Waals surface area contributed by atoms with E-state index in [9.17, 15) is 9.90 Å². The second kappa shape index (κ2) is 6.57. The van der Waals surface area contributed by atoms with E-state index in [1.165, 1.54) is 0 Å². The highest BCUT2D eigenvalue weighted by atomic mass is 28.4. The van der Waals surface area contributed by atoms with Crippen LogP contribution in [0.3, 0.4) is 0 Å². The lowest BCUT2D eigenvalue weighted by atomic mass is 10.0. The fraction of sp³-hybridized carbons (Fsp3) is 0.786. The van der Waals surface area contributed by atoms with Crippen LogP contribution in [0.1, 0.15) is 27.7 Å². The molecule has 0 heterocycles. The predicted molar refractivity (Wildman–Crippen MR) is 81.7 cm³/mol. The summed E-state index contributed by atoms with van der Waals surface area (Å²) in [6.45, 7) is 13.2. The van der Waals surface area contributed by atoms with Crippen molar-refractivity contribution in [2.24, 2.45) is 5.92 Å². The van der Waals surface area contributed by atoms with Crippen molar-refractivity contribution in [3.8, 4) is 0 Å². The first kappa shape index (κ1) is 18.2. The van der Waals surface area contributed by atoms with E-state index < -0.39 is 14.3 Å². The highest BCUT2D eigenvalue weighted by Gasteiger charge is 2.37. The number of aliphatic carboxylic acids is 1. The van der Waals surface area contributed by atoms with Gasteiger partial charge in [0.2, 0.25) is 0 Å². The monoisotopic (exact) mass is 287 g/mol. The Kier molecular flexibility index (Phi) is 6.29. The minimum atomic E-state index is -1.82. The molecule has 0 fully saturated rings. The summed E-state index contributed by atoms with van der Waals surface area (Å²) in [6.07, 6.45) is 1.65. The molecule has 0 aliphatic heterocycles. The Labute approximate surface area is 118 Å². The molecule has 0 bridgehead atoms. The van der Waals surface area contributed by atoms with Crippen LogP contribution >= 0.6 is 0 Å². The average Bonchev–Trinajstić information content (AvgIpc) is 2.20. The Balaban J connectivity index is 4.78. The molecule has 1 unspecified atom stereocenters. The molecule has 0 radical (unpaired) electrons. The summed E-state index contributed by atoms with van der Waals surface area (Å²) in [7, 11) is 1.83. The second-order valence-electron chi connectivity index (χ2n) is 6.83. The van der Waals surface area contributed by atoms with Gasteiger partial charge in [-0.2, -0.15) is 0 Å². The van der Waals surface area contributed by atoms with E-state index in [0.29, 0.717) is 12.2 Å². The molecule has 0 saturated heterocycles. The van der Waals surface area contributed by atoms with Crippen molar-refractivity contribution < 1.29 is 14.3 Å². The lowest BCUT2D eigenvalue weighted by Gasteiger charge is -2.37. The number of rotatable bonds is 6. The van der Waals surface area contributed by atoms with Gasteiger partial charge in [0.05, 0.1) is 5.57 Å². The molecule has 1 atom stereocenters. The summed E-state index contributed by atoms with van der Waals surface area (Å²) in [5.74, 6) is -0.992. The van der Waals surface area contributed by atoms with Crippen LogP contribution in [0, 0.1) is 5.92 Å². The van der Waals surface area contributed by atoms with Crippen LogP contribution in [-0.2, 0) is 9.22 Å². The largest absolute Gasteiger partial charge is 0.478 e. The van der Waals surface area contributed by atoms with Crippen molar-refractivity contribution in [3.63, 3.8) is 0 Å². The van der Waals surface area contributed by atoms with E-state index in [1.807, 2.05) is 21.0 Å². The molecule has 0 spiro atoms. The Morgan fingerprint density at radius 2 is 1.84 bits per heavy atom. The van der Waals surface area contributed by atoms with E-state index in [1.54, 1.807) is 11.1 Å². The van der Waals surface area contributed by atoms with Gasteiger partial charge in [-0.15, -0.1) is 0 Å². The van der Waals surface area contributed by atoms with Gasteiger partial charge in [-0.25, -0.2) is 4.79 Å². The Morgan fingerprint density at radius 1 is 1.37 bits per heavy atom. The Morgan fingerprint density at radius 3 is 2.16 bits per heavy atom. The summed E-state index contributed by atoms with van der Waals surface area (Å²) in [5, 5.41) is 9.38. The van der Waals surface area contributed by atoms with Crippen LogP contribution in [0.2, 0.25) is 18.1 Å². The molecule has 0 aliphatic rings. The minimum absolute atomic E-state index is 0.117. The van der Waals surface area contributed by atoms with Gasteiger partial charge < -0.3 is 14.4 Å². The standard InChI is InChI=1S/C14H29NO3Si/c1-11(12(13(16)17)9-15(5)6)10-18-19(7,8)14(2,3)4/h9,11H,10H2,1-8H3,(H,16,17). The van der Waals surface area contributed by atoms with Crippen LogP contribution in [0.25, 0.3) is 0 Å². The van der Waals surface area contributed by atoms with Gasteiger partial charge in [0.25, 0.3) is 0 Å². The number of nitrogens with zero attached hydrogens (tertiary/aromatic N) is 1. The first-order valence-corrected chi connectivity index (χ1v) is 9.54. The van der Waals surface area contributed by atoms with Gasteiger partial charge in [-0.05, 0) is 18.1 Å². The topological polar surface area (TPSA) is 49.8 Å². The molecule has 5 heteroatoms. The lowest BCUT2D eigenvalue weighted by Crippen LogP contribution is -2.42. The molecule has 19 heavy (non-hydrogen) atoms. The lowest BCUT2D eigenvalue weighted by molar-refractivity contribution is -0.133. The van der Waals surface area contributed by atoms with E-state index in [4.69, 9.17) is 4.43 Å². The molecule has 0 aliphatic carbocycles. The maximum Gasteiger partial charge on any atom is 0.333 e. The van der Waals surface area contributed by atoms with Gasteiger partial charge >= 0.3 is 5.97 Å². The predicted octanol–water partition coefficient (Wildman–Crippen LogP) is 3.17. The van der Waals surface area contributed by atoms with Crippen LogP contribution in [0.4, 0.5) is 0 Å². The summed E-state index contributed by atoms with van der Waals surface area (Å²) in [5.41, 5.74) is 0.392. The number of carboxylic acids is 1. The summed E-state index contributed by atoms with van der Waals surface area (Å²) < 4.78 is 6.08. The zero-order valence-electron chi connectivity index (χ0n) is 13.6. The normalized spacial score (nSPS) is 15.3. The summed E-state index contributed by atoms with van der Waals surface area (Å²) in [4.78, 5) is 13.0. The van der Waals surface area contributed by atoms with Gasteiger partial charge in [-0.3, -0.25) is 0 Å². The molecule has 112 valence electrons. The maximum atomic E-state index is 11.3. The Hall–Kier alpha value is -0.813. The number of hydrogen-bond donors (Lipinski definition) is 1. The molecular weight excluding hydrogens is 258 g/mol. The van der Waals surface area contributed by atoms with Gasteiger partial charge in [0, 0.05) is 32.8 Å². The van der Waals surface area contributed by atoms with Gasteiger partial charge in [0.15, 0.2) is 8.32 Å². The first-order chi connectivity index (χ1) is 8.38. The highest BCUT2D eigenvalue weighted by molar-refractivity contribution is 6.74. The molecule has 0 aromatic rings. The van der Waals surface area contributed by atoms with Crippen LogP contribution < -0.4 is 0 Å². The molecule has 0 aromatic heterocycles.